The van der Waals surface area contributed by atoms with Crippen LogP contribution in [0.15, 0.2) is 53.6 Å². The highest BCUT2D eigenvalue weighted by Crippen LogP contribution is 2.09. The van der Waals surface area contributed by atoms with E-state index in [0.29, 0.717) is 10.9 Å². The molecule has 2 heterocycles. The van der Waals surface area contributed by atoms with Gasteiger partial charge in [0.15, 0.2) is 0 Å². The fraction of sp³-hybridized carbons (Fsp3) is 0.133. The standard InChI is InChI=1S/C15H13N3O3/c1-2-21-15(20)13-16-12-8-4-3-7-11(12)14(19)18(13)17-9-5-6-10-17/h3-10H,2H2,1H3. The van der Waals surface area contributed by atoms with Gasteiger partial charge in [0, 0.05) is 12.4 Å². The lowest BCUT2D eigenvalue weighted by molar-refractivity contribution is 0.0502. The Bertz CT molecular complexity index is 850. The van der Waals surface area contributed by atoms with E-state index in [9.17, 15) is 9.59 Å². The SMILES string of the molecule is CCOC(=O)c1nc2ccccc2c(=O)n1-n1cccc1. The van der Waals surface area contributed by atoms with E-state index in [2.05, 4.69) is 4.98 Å². The molecular weight excluding hydrogens is 270 g/mol. The molecule has 0 amide bonds. The maximum Gasteiger partial charge on any atom is 0.376 e. The molecule has 0 bridgehead atoms. The van der Waals surface area contributed by atoms with Crippen molar-refractivity contribution in [2.75, 3.05) is 6.61 Å². The Hall–Kier alpha value is -2.89. The van der Waals surface area contributed by atoms with Crippen molar-refractivity contribution in [3.63, 3.8) is 0 Å². The molecule has 106 valence electrons. The molecule has 3 aromatic rings. The summed E-state index contributed by atoms with van der Waals surface area (Å²) in [6.45, 7) is 1.92. The van der Waals surface area contributed by atoms with E-state index in [0.717, 1.165) is 0 Å². The first kappa shape index (κ1) is 13.1. The third kappa shape index (κ3) is 2.20. The summed E-state index contributed by atoms with van der Waals surface area (Å²) in [6.07, 6.45) is 3.33. The van der Waals surface area contributed by atoms with E-state index in [1.807, 2.05) is 0 Å². The third-order valence-electron chi connectivity index (χ3n) is 3.03. The minimum Gasteiger partial charge on any atom is -0.460 e. The summed E-state index contributed by atoms with van der Waals surface area (Å²) >= 11 is 0. The maximum atomic E-state index is 12.7. The number of carbonyl (C=O) groups is 1. The molecule has 0 aliphatic carbocycles. The number of hydrogen-bond acceptors (Lipinski definition) is 4. The Morgan fingerprint density at radius 2 is 1.90 bits per heavy atom. The van der Waals surface area contributed by atoms with Crippen LogP contribution in [0.4, 0.5) is 0 Å². The molecule has 2 aromatic heterocycles. The van der Waals surface area contributed by atoms with Gasteiger partial charge >= 0.3 is 5.97 Å². The third-order valence-corrected chi connectivity index (χ3v) is 3.03. The predicted octanol–water partition coefficient (Wildman–Crippen LogP) is 1.69. The Kier molecular flexibility index (Phi) is 3.27. The minimum atomic E-state index is -0.631. The molecule has 0 N–H and O–H groups in total. The number of para-hydroxylation sites is 1. The molecule has 0 spiro atoms. The number of rotatable bonds is 3. The largest absolute Gasteiger partial charge is 0.460 e. The lowest BCUT2D eigenvalue weighted by Crippen LogP contribution is -2.32. The fourth-order valence-corrected chi connectivity index (χ4v) is 2.12. The van der Waals surface area contributed by atoms with Crippen LogP contribution in [-0.4, -0.2) is 26.9 Å². The van der Waals surface area contributed by atoms with Crippen LogP contribution >= 0.6 is 0 Å². The minimum absolute atomic E-state index is 0.0447. The molecule has 0 saturated carbocycles. The first-order chi connectivity index (χ1) is 10.2. The Morgan fingerprint density at radius 3 is 2.62 bits per heavy atom. The highest BCUT2D eigenvalue weighted by Gasteiger charge is 2.19. The van der Waals surface area contributed by atoms with Crippen molar-refractivity contribution < 1.29 is 9.53 Å². The molecular formula is C15H13N3O3. The van der Waals surface area contributed by atoms with Gasteiger partial charge in [-0.2, -0.15) is 4.68 Å². The van der Waals surface area contributed by atoms with Crippen molar-refractivity contribution in [2.45, 2.75) is 6.92 Å². The topological polar surface area (TPSA) is 66.1 Å². The van der Waals surface area contributed by atoms with Gasteiger partial charge in [-0.05, 0) is 31.2 Å². The summed E-state index contributed by atoms with van der Waals surface area (Å²) in [6, 6.07) is 10.4. The van der Waals surface area contributed by atoms with Gasteiger partial charge < -0.3 is 4.74 Å². The molecule has 3 rings (SSSR count). The van der Waals surface area contributed by atoms with Crippen molar-refractivity contribution >= 4 is 16.9 Å². The second kappa shape index (κ2) is 5.24. The number of benzene rings is 1. The quantitative estimate of drug-likeness (QED) is 0.686. The van der Waals surface area contributed by atoms with Gasteiger partial charge in [0.25, 0.3) is 5.56 Å². The molecule has 0 saturated heterocycles. The van der Waals surface area contributed by atoms with E-state index < -0.39 is 5.97 Å². The summed E-state index contributed by atoms with van der Waals surface area (Å²) in [5.74, 6) is -0.675. The second-order valence-corrected chi connectivity index (χ2v) is 4.35. The lowest BCUT2D eigenvalue weighted by Gasteiger charge is -2.13. The molecule has 6 heteroatoms. The molecule has 0 atom stereocenters. The average molecular weight is 283 g/mol. The maximum absolute atomic E-state index is 12.7. The highest BCUT2D eigenvalue weighted by atomic mass is 16.5. The van der Waals surface area contributed by atoms with Gasteiger partial charge in [0.1, 0.15) is 0 Å². The summed E-state index contributed by atoms with van der Waals surface area (Å²) in [5.41, 5.74) is 0.147. The van der Waals surface area contributed by atoms with E-state index in [4.69, 9.17) is 4.74 Å². The summed E-state index contributed by atoms with van der Waals surface area (Å²) < 4.78 is 7.71. The van der Waals surface area contributed by atoms with Crippen molar-refractivity contribution in [3.8, 4) is 0 Å². The summed E-state index contributed by atoms with van der Waals surface area (Å²) in [7, 11) is 0. The number of esters is 1. The van der Waals surface area contributed by atoms with Crippen LogP contribution in [0.25, 0.3) is 10.9 Å². The zero-order valence-electron chi connectivity index (χ0n) is 11.4. The zero-order chi connectivity index (χ0) is 14.8. The average Bonchev–Trinajstić information content (AvgIpc) is 3.01. The van der Waals surface area contributed by atoms with E-state index >= 15 is 0 Å². The van der Waals surface area contributed by atoms with Gasteiger partial charge in [0.05, 0.1) is 17.5 Å². The van der Waals surface area contributed by atoms with Gasteiger partial charge in [0.2, 0.25) is 5.82 Å². The molecule has 0 aliphatic heterocycles. The van der Waals surface area contributed by atoms with Crippen LogP contribution in [0.2, 0.25) is 0 Å². The van der Waals surface area contributed by atoms with Crippen molar-refractivity contribution in [1.29, 1.82) is 0 Å². The van der Waals surface area contributed by atoms with Crippen LogP contribution in [0.1, 0.15) is 17.5 Å². The van der Waals surface area contributed by atoms with E-state index in [1.54, 1.807) is 55.7 Å². The first-order valence-corrected chi connectivity index (χ1v) is 6.55. The number of hydrogen-bond donors (Lipinski definition) is 0. The smallest absolute Gasteiger partial charge is 0.376 e. The normalized spacial score (nSPS) is 10.7. The zero-order valence-corrected chi connectivity index (χ0v) is 11.4. The molecule has 0 aliphatic rings. The summed E-state index contributed by atoms with van der Waals surface area (Å²) in [4.78, 5) is 29.0. The fourth-order valence-electron chi connectivity index (χ4n) is 2.12. The predicted molar refractivity (Wildman–Crippen MR) is 77.2 cm³/mol. The first-order valence-electron chi connectivity index (χ1n) is 6.55. The molecule has 21 heavy (non-hydrogen) atoms. The highest BCUT2D eigenvalue weighted by molar-refractivity contribution is 5.88. The summed E-state index contributed by atoms with van der Waals surface area (Å²) in [5, 5.41) is 0.444. The molecule has 0 fully saturated rings. The van der Waals surface area contributed by atoms with Crippen LogP contribution in [0.5, 0.6) is 0 Å². The number of aromatic nitrogens is 3. The Balaban J connectivity index is 2.36. The van der Waals surface area contributed by atoms with Crippen LogP contribution in [-0.2, 0) is 4.74 Å². The monoisotopic (exact) mass is 283 g/mol. The van der Waals surface area contributed by atoms with Gasteiger partial charge in [-0.1, -0.05) is 12.1 Å². The number of nitrogens with zero attached hydrogens (tertiary/aromatic N) is 3. The number of fused-ring (bicyclic) bond motifs is 1. The van der Waals surface area contributed by atoms with Crippen LogP contribution in [0.3, 0.4) is 0 Å². The second-order valence-electron chi connectivity index (χ2n) is 4.35. The van der Waals surface area contributed by atoms with Crippen LogP contribution in [0, 0.1) is 0 Å². The lowest BCUT2D eigenvalue weighted by atomic mass is 10.2. The van der Waals surface area contributed by atoms with Gasteiger partial charge in [-0.3, -0.25) is 9.47 Å². The Morgan fingerprint density at radius 1 is 1.19 bits per heavy atom. The van der Waals surface area contributed by atoms with Crippen molar-refractivity contribution in [3.05, 3.63) is 65.0 Å². The van der Waals surface area contributed by atoms with Gasteiger partial charge in [-0.25, -0.2) is 9.78 Å². The van der Waals surface area contributed by atoms with Crippen molar-refractivity contribution in [2.24, 2.45) is 0 Å². The molecule has 1 aromatic carbocycles. The number of ether oxygens (including phenoxy) is 1. The van der Waals surface area contributed by atoms with E-state index in [-0.39, 0.29) is 18.0 Å². The molecule has 0 radical (unpaired) electrons. The van der Waals surface area contributed by atoms with Crippen molar-refractivity contribution in [1.82, 2.24) is 14.3 Å². The van der Waals surface area contributed by atoms with E-state index in [1.165, 1.54) is 9.35 Å². The number of carbonyl (C=O) groups excluding carboxylic acids is 1. The molecule has 0 unspecified atom stereocenters. The van der Waals surface area contributed by atoms with Gasteiger partial charge in [-0.15, -0.1) is 0 Å². The Labute approximate surface area is 120 Å². The van der Waals surface area contributed by atoms with Crippen LogP contribution < -0.4 is 5.56 Å². The molecule has 6 nitrogen and oxygen atoms in total.